The largest absolute Gasteiger partial charge is 0.313 e. The molecule has 2 heteroatoms. The van der Waals surface area contributed by atoms with Crippen molar-refractivity contribution in [3.63, 3.8) is 0 Å². The van der Waals surface area contributed by atoms with Gasteiger partial charge in [-0.15, -0.1) is 0 Å². The van der Waals surface area contributed by atoms with Crippen LogP contribution in [0.25, 0.3) is 0 Å². The minimum Gasteiger partial charge on any atom is -0.313 e. The number of nitrogens with zero attached hydrogens (tertiary/aromatic N) is 1. The fourth-order valence-electron chi connectivity index (χ4n) is 1.34. The molecule has 1 unspecified atom stereocenters. The van der Waals surface area contributed by atoms with Crippen molar-refractivity contribution in [1.82, 2.24) is 10.2 Å². The van der Waals surface area contributed by atoms with Crippen LogP contribution in [-0.4, -0.2) is 36.6 Å². The first kappa shape index (κ1) is 12.9. The van der Waals surface area contributed by atoms with Crippen molar-refractivity contribution < 1.29 is 0 Å². The van der Waals surface area contributed by atoms with Crippen LogP contribution in [-0.2, 0) is 0 Å². The van der Waals surface area contributed by atoms with Gasteiger partial charge in [0.2, 0.25) is 0 Å². The number of hydrogen-bond donors (Lipinski definition) is 1. The van der Waals surface area contributed by atoms with Gasteiger partial charge in [-0.3, -0.25) is 4.90 Å². The highest BCUT2D eigenvalue weighted by atomic mass is 15.2. The van der Waals surface area contributed by atoms with E-state index in [4.69, 9.17) is 0 Å². The predicted molar refractivity (Wildman–Crippen MR) is 60.1 cm³/mol. The number of hydrogen-bond acceptors (Lipinski definition) is 2. The van der Waals surface area contributed by atoms with Crippen molar-refractivity contribution >= 4 is 0 Å². The summed E-state index contributed by atoms with van der Waals surface area (Å²) in [5.41, 5.74) is 0.323. The van der Waals surface area contributed by atoms with Crippen LogP contribution in [0.4, 0.5) is 0 Å². The van der Waals surface area contributed by atoms with Gasteiger partial charge in [0.25, 0.3) is 0 Å². The molecule has 1 atom stereocenters. The highest BCUT2D eigenvalue weighted by molar-refractivity contribution is 4.79. The molecule has 2 nitrogen and oxygen atoms in total. The van der Waals surface area contributed by atoms with E-state index in [0.717, 1.165) is 13.1 Å². The smallest absolute Gasteiger partial charge is 0.0166 e. The SMILES string of the molecule is CCNC(C)CN(C)C(C)(C)CC. The fraction of sp³-hybridized carbons (Fsp3) is 1.00. The summed E-state index contributed by atoms with van der Waals surface area (Å²) in [6, 6.07) is 0.584. The molecule has 0 amide bonds. The van der Waals surface area contributed by atoms with Crippen LogP contribution in [0.1, 0.15) is 41.0 Å². The first-order valence-electron chi connectivity index (χ1n) is 5.38. The van der Waals surface area contributed by atoms with E-state index >= 15 is 0 Å². The van der Waals surface area contributed by atoms with Crippen LogP contribution in [0.2, 0.25) is 0 Å². The molecule has 0 rings (SSSR count). The van der Waals surface area contributed by atoms with Gasteiger partial charge in [0.15, 0.2) is 0 Å². The van der Waals surface area contributed by atoms with Crippen molar-refractivity contribution in [2.75, 3.05) is 20.1 Å². The Balaban J connectivity index is 3.91. The average Bonchev–Trinajstić information content (AvgIpc) is 2.04. The first-order chi connectivity index (χ1) is 5.94. The average molecular weight is 186 g/mol. The first-order valence-corrected chi connectivity index (χ1v) is 5.38. The quantitative estimate of drug-likeness (QED) is 0.683. The molecule has 13 heavy (non-hydrogen) atoms. The van der Waals surface area contributed by atoms with Crippen molar-refractivity contribution in [3.05, 3.63) is 0 Å². The Hall–Kier alpha value is -0.0800. The lowest BCUT2D eigenvalue weighted by Crippen LogP contribution is -2.47. The van der Waals surface area contributed by atoms with Gasteiger partial charge in [-0.25, -0.2) is 0 Å². The molecule has 0 heterocycles. The molecule has 0 aliphatic rings. The zero-order valence-corrected chi connectivity index (χ0v) is 10.1. The lowest BCUT2D eigenvalue weighted by molar-refractivity contribution is 0.139. The Morgan fingerprint density at radius 2 is 1.85 bits per heavy atom. The summed E-state index contributed by atoms with van der Waals surface area (Å²) in [6.45, 7) is 13.4. The standard InChI is InChI=1S/C11H26N2/c1-7-11(4,5)13(6)9-10(3)12-8-2/h10,12H,7-9H2,1-6H3. The Kier molecular flexibility index (Phi) is 5.57. The summed E-state index contributed by atoms with van der Waals surface area (Å²) in [5.74, 6) is 0. The predicted octanol–water partition coefficient (Wildman–Crippen LogP) is 2.10. The van der Waals surface area contributed by atoms with Gasteiger partial charge in [0.1, 0.15) is 0 Å². The van der Waals surface area contributed by atoms with E-state index in [9.17, 15) is 0 Å². The Bertz CT molecular complexity index is 132. The van der Waals surface area contributed by atoms with Crippen molar-refractivity contribution in [2.45, 2.75) is 52.6 Å². The second-order valence-electron chi connectivity index (χ2n) is 4.51. The summed E-state index contributed by atoms with van der Waals surface area (Å²) in [7, 11) is 2.21. The maximum absolute atomic E-state index is 3.43. The van der Waals surface area contributed by atoms with Gasteiger partial charge in [-0.1, -0.05) is 13.8 Å². The van der Waals surface area contributed by atoms with Crippen molar-refractivity contribution in [3.8, 4) is 0 Å². The molecule has 0 aliphatic heterocycles. The maximum atomic E-state index is 3.43. The summed E-state index contributed by atoms with van der Waals surface area (Å²) >= 11 is 0. The van der Waals surface area contributed by atoms with Crippen LogP contribution in [0.15, 0.2) is 0 Å². The monoisotopic (exact) mass is 186 g/mol. The molecule has 0 fully saturated rings. The maximum Gasteiger partial charge on any atom is 0.0166 e. The highest BCUT2D eigenvalue weighted by Gasteiger charge is 2.21. The molecule has 0 aliphatic carbocycles. The molecule has 0 spiro atoms. The number of nitrogens with one attached hydrogen (secondary N) is 1. The van der Waals surface area contributed by atoms with Crippen molar-refractivity contribution in [1.29, 1.82) is 0 Å². The Morgan fingerprint density at radius 1 is 1.31 bits per heavy atom. The molecule has 0 saturated heterocycles. The lowest BCUT2D eigenvalue weighted by Gasteiger charge is -2.36. The molecule has 0 bridgehead atoms. The van der Waals surface area contributed by atoms with Crippen LogP contribution in [0.5, 0.6) is 0 Å². The van der Waals surface area contributed by atoms with Gasteiger partial charge in [0.05, 0.1) is 0 Å². The van der Waals surface area contributed by atoms with Gasteiger partial charge >= 0.3 is 0 Å². The van der Waals surface area contributed by atoms with E-state index in [0.29, 0.717) is 11.6 Å². The summed E-state index contributed by atoms with van der Waals surface area (Å²) in [4.78, 5) is 2.43. The summed E-state index contributed by atoms with van der Waals surface area (Å²) in [5, 5.41) is 3.43. The van der Waals surface area contributed by atoms with Gasteiger partial charge in [0, 0.05) is 18.1 Å². The molecule has 1 N–H and O–H groups in total. The number of likely N-dealkylation sites (N-methyl/N-ethyl adjacent to an activating group) is 2. The molecule has 0 aromatic heterocycles. The molecule has 0 radical (unpaired) electrons. The van der Waals surface area contributed by atoms with Gasteiger partial charge in [-0.05, 0) is 40.8 Å². The third-order valence-electron chi connectivity index (χ3n) is 3.00. The molecular formula is C11H26N2. The van der Waals surface area contributed by atoms with E-state index in [1.807, 2.05) is 0 Å². The second kappa shape index (κ2) is 5.61. The van der Waals surface area contributed by atoms with Gasteiger partial charge < -0.3 is 5.32 Å². The molecule has 0 aromatic rings. The molecule has 0 saturated carbocycles. The molecule has 80 valence electrons. The zero-order valence-electron chi connectivity index (χ0n) is 10.1. The summed E-state index contributed by atoms with van der Waals surface area (Å²) < 4.78 is 0. The zero-order chi connectivity index (χ0) is 10.5. The normalized spacial score (nSPS) is 15.0. The van der Waals surface area contributed by atoms with Crippen LogP contribution in [0, 0.1) is 0 Å². The number of rotatable bonds is 6. The van der Waals surface area contributed by atoms with Crippen LogP contribution in [0.3, 0.4) is 0 Å². The minimum absolute atomic E-state index is 0.323. The molecular weight excluding hydrogens is 160 g/mol. The topological polar surface area (TPSA) is 15.3 Å². The Labute approximate surface area is 83.7 Å². The van der Waals surface area contributed by atoms with Gasteiger partial charge in [-0.2, -0.15) is 0 Å². The van der Waals surface area contributed by atoms with E-state index in [1.54, 1.807) is 0 Å². The van der Waals surface area contributed by atoms with E-state index in [-0.39, 0.29) is 0 Å². The molecule has 0 aromatic carbocycles. The lowest BCUT2D eigenvalue weighted by atomic mass is 9.99. The summed E-state index contributed by atoms with van der Waals surface area (Å²) in [6.07, 6.45) is 1.20. The van der Waals surface area contributed by atoms with Crippen LogP contribution < -0.4 is 5.32 Å². The van der Waals surface area contributed by atoms with Crippen molar-refractivity contribution in [2.24, 2.45) is 0 Å². The van der Waals surface area contributed by atoms with E-state index in [1.165, 1.54) is 6.42 Å². The Morgan fingerprint density at radius 3 is 2.23 bits per heavy atom. The fourth-order valence-corrected chi connectivity index (χ4v) is 1.34. The highest BCUT2D eigenvalue weighted by Crippen LogP contribution is 2.16. The van der Waals surface area contributed by atoms with E-state index in [2.05, 4.69) is 51.9 Å². The second-order valence-corrected chi connectivity index (χ2v) is 4.51. The van der Waals surface area contributed by atoms with Crippen LogP contribution >= 0.6 is 0 Å². The van der Waals surface area contributed by atoms with E-state index < -0.39 is 0 Å². The third kappa shape index (κ3) is 4.63. The third-order valence-corrected chi connectivity index (χ3v) is 3.00. The minimum atomic E-state index is 0.323.